The van der Waals surface area contributed by atoms with Crippen LogP contribution in [0.4, 0.5) is 0 Å². The molecule has 0 aliphatic heterocycles. The first-order valence-electron chi connectivity index (χ1n) is 8.86. The van der Waals surface area contributed by atoms with Gasteiger partial charge in [0.1, 0.15) is 11.8 Å². The average Bonchev–Trinajstić information content (AvgIpc) is 3.23. The van der Waals surface area contributed by atoms with E-state index in [-0.39, 0.29) is 34.6 Å². The molecular weight excluding hydrogens is 433 g/mol. The maximum atomic E-state index is 12.6. The molecule has 0 bridgehead atoms. The first-order valence-corrected chi connectivity index (χ1v) is 9.62. The van der Waals surface area contributed by atoms with E-state index in [0.717, 1.165) is 0 Å². The predicted molar refractivity (Wildman–Crippen MR) is 113 cm³/mol. The number of carbonyl (C=O) groups is 3. The molecule has 0 spiro atoms. The van der Waals surface area contributed by atoms with E-state index in [1.807, 2.05) is 0 Å². The Morgan fingerprint density at radius 1 is 1.23 bits per heavy atom. The molecule has 30 heavy (non-hydrogen) atoms. The van der Waals surface area contributed by atoms with E-state index in [2.05, 4.69) is 20.7 Å². The Labute approximate surface area is 183 Å². The van der Waals surface area contributed by atoms with Crippen molar-refractivity contribution in [3.63, 3.8) is 0 Å². The first kappa shape index (κ1) is 23.5. The molecule has 2 rings (SSSR count). The van der Waals surface area contributed by atoms with Crippen LogP contribution in [0.1, 0.15) is 21.7 Å². The predicted octanol–water partition coefficient (Wildman–Crippen LogP) is 2.41. The summed E-state index contributed by atoms with van der Waals surface area (Å²) in [7, 11) is 2.86. The van der Waals surface area contributed by atoms with Crippen LogP contribution in [0.5, 0.6) is 0 Å². The van der Waals surface area contributed by atoms with E-state index in [0.29, 0.717) is 11.3 Å². The number of hydrogen-bond acceptors (Lipinski definition) is 6. The normalized spacial score (nSPS) is 11.9. The van der Waals surface area contributed by atoms with Crippen molar-refractivity contribution in [2.75, 3.05) is 20.7 Å². The zero-order chi connectivity index (χ0) is 22.1. The van der Waals surface area contributed by atoms with Crippen molar-refractivity contribution in [2.45, 2.75) is 12.6 Å². The third-order valence-electron chi connectivity index (χ3n) is 3.94. The molecule has 1 aromatic carbocycles. The third kappa shape index (κ3) is 6.62. The lowest BCUT2D eigenvalue weighted by atomic mass is 10.1. The molecule has 0 aliphatic carbocycles. The van der Waals surface area contributed by atoms with Crippen LogP contribution < -0.4 is 16.0 Å². The lowest BCUT2D eigenvalue weighted by molar-refractivity contribution is -0.142. The van der Waals surface area contributed by atoms with Gasteiger partial charge in [0, 0.05) is 19.2 Å². The second-order valence-electron chi connectivity index (χ2n) is 6.11. The van der Waals surface area contributed by atoms with Crippen LogP contribution in [-0.4, -0.2) is 44.5 Å². The number of benzene rings is 1. The van der Waals surface area contributed by atoms with E-state index in [1.165, 1.54) is 37.7 Å². The van der Waals surface area contributed by atoms with Crippen LogP contribution in [0.15, 0.2) is 41.0 Å². The van der Waals surface area contributed by atoms with Crippen LogP contribution in [0, 0.1) is 0 Å². The number of nitrogens with one attached hydrogen (secondary N) is 3. The second-order valence-corrected chi connectivity index (χ2v) is 6.92. The van der Waals surface area contributed by atoms with Gasteiger partial charge in [-0.25, -0.2) is 4.79 Å². The van der Waals surface area contributed by atoms with Crippen molar-refractivity contribution in [1.82, 2.24) is 16.0 Å². The fourth-order valence-corrected chi connectivity index (χ4v) is 3.21. The summed E-state index contributed by atoms with van der Waals surface area (Å²) in [5, 5.41) is 8.18. The fourth-order valence-electron chi connectivity index (χ4n) is 2.51. The van der Waals surface area contributed by atoms with Gasteiger partial charge in [0.25, 0.3) is 5.91 Å². The Hall–Kier alpha value is -2.81. The summed E-state index contributed by atoms with van der Waals surface area (Å²) < 4.78 is 9.77. The van der Waals surface area contributed by atoms with Crippen molar-refractivity contribution in [3.8, 4) is 0 Å². The van der Waals surface area contributed by atoms with Gasteiger partial charge >= 0.3 is 5.97 Å². The van der Waals surface area contributed by atoms with Gasteiger partial charge in [0.15, 0.2) is 0 Å². The Morgan fingerprint density at radius 2 is 1.93 bits per heavy atom. The van der Waals surface area contributed by atoms with E-state index in [1.54, 1.807) is 19.2 Å². The molecule has 10 heteroatoms. The highest BCUT2D eigenvalue weighted by Gasteiger charge is 2.24. The number of likely N-dealkylation sites (N-methyl/N-ethyl adjacent to an activating group) is 1. The standard InChI is InChI=1S/C20H21Cl2N3O5/c1-23-11-16(20(28)29-2)25-19(27)18-14(21)8-12(9-15(18)22)10-24-17(26)6-5-13-4-3-7-30-13/h3-9,16,23H,10-11H2,1-2H3,(H,24,26)(H,25,27)/t16-/m0/s1. The molecule has 1 atom stereocenters. The average molecular weight is 454 g/mol. The molecule has 0 radical (unpaired) electrons. The SMILES string of the molecule is CNC[C@H](NC(=O)c1c(Cl)cc(CNC(=O)C=Cc2ccco2)cc1Cl)C(=O)OC. The molecule has 0 saturated carbocycles. The zero-order valence-electron chi connectivity index (χ0n) is 16.3. The van der Waals surface area contributed by atoms with Crippen molar-refractivity contribution in [3.05, 3.63) is 63.5 Å². The summed E-state index contributed by atoms with van der Waals surface area (Å²) in [5.41, 5.74) is 0.622. The molecule has 0 aliphatic rings. The molecule has 1 aromatic heterocycles. The second kappa shape index (κ2) is 11.4. The van der Waals surface area contributed by atoms with Crippen LogP contribution in [0.3, 0.4) is 0 Å². The van der Waals surface area contributed by atoms with Crippen LogP contribution >= 0.6 is 23.2 Å². The highest BCUT2D eigenvalue weighted by atomic mass is 35.5. The van der Waals surface area contributed by atoms with Crippen LogP contribution in [-0.2, 0) is 20.9 Å². The van der Waals surface area contributed by atoms with Gasteiger partial charge in [-0.1, -0.05) is 23.2 Å². The lowest BCUT2D eigenvalue weighted by Gasteiger charge is -2.17. The number of methoxy groups -OCH3 is 1. The largest absolute Gasteiger partial charge is 0.467 e. The molecule has 8 nitrogen and oxygen atoms in total. The van der Waals surface area contributed by atoms with Crippen LogP contribution in [0.25, 0.3) is 6.08 Å². The topological polar surface area (TPSA) is 110 Å². The Morgan fingerprint density at radius 3 is 2.50 bits per heavy atom. The third-order valence-corrected chi connectivity index (χ3v) is 4.53. The van der Waals surface area contributed by atoms with E-state index in [4.69, 9.17) is 27.6 Å². The monoisotopic (exact) mass is 453 g/mol. The number of carbonyl (C=O) groups excluding carboxylic acids is 3. The minimum atomic E-state index is -0.903. The van der Waals surface area contributed by atoms with Crippen molar-refractivity contribution in [1.29, 1.82) is 0 Å². The number of furan rings is 1. The Bertz CT molecular complexity index is 906. The maximum Gasteiger partial charge on any atom is 0.329 e. The van der Waals surface area contributed by atoms with E-state index >= 15 is 0 Å². The van der Waals surface area contributed by atoms with Crippen LogP contribution in [0.2, 0.25) is 10.0 Å². The van der Waals surface area contributed by atoms with Crippen molar-refractivity contribution < 1.29 is 23.5 Å². The van der Waals surface area contributed by atoms with Gasteiger partial charge in [-0.2, -0.15) is 0 Å². The molecule has 0 unspecified atom stereocenters. The van der Waals surface area contributed by atoms with Gasteiger partial charge in [-0.3, -0.25) is 9.59 Å². The Balaban J connectivity index is 2.04. The zero-order valence-corrected chi connectivity index (χ0v) is 17.8. The lowest BCUT2D eigenvalue weighted by Crippen LogP contribution is -2.47. The van der Waals surface area contributed by atoms with Gasteiger partial charge < -0.3 is 25.1 Å². The van der Waals surface area contributed by atoms with E-state index < -0.39 is 17.9 Å². The summed E-state index contributed by atoms with van der Waals surface area (Å²) in [4.78, 5) is 36.3. The molecular formula is C20H21Cl2N3O5. The van der Waals surface area contributed by atoms with Gasteiger partial charge in [-0.15, -0.1) is 0 Å². The molecule has 3 N–H and O–H groups in total. The van der Waals surface area contributed by atoms with Gasteiger partial charge in [-0.05, 0) is 43.0 Å². The van der Waals surface area contributed by atoms with E-state index in [9.17, 15) is 14.4 Å². The number of halogens is 2. The highest BCUT2D eigenvalue weighted by molar-refractivity contribution is 6.39. The summed E-state index contributed by atoms with van der Waals surface area (Å²) in [6, 6.07) is 5.56. The van der Waals surface area contributed by atoms with Gasteiger partial charge in [0.2, 0.25) is 5.91 Å². The molecule has 2 amide bonds. The number of rotatable bonds is 9. The summed E-state index contributed by atoms with van der Waals surface area (Å²) in [6.07, 6.45) is 4.37. The Kier molecular flexibility index (Phi) is 8.91. The molecule has 1 heterocycles. The molecule has 0 fully saturated rings. The fraction of sp³-hybridized carbons (Fsp3) is 0.250. The summed E-state index contributed by atoms with van der Waals surface area (Å²) >= 11 is 12.5. The minimum absolute atomic E-state index is 0.0242. The quantitative estimate of drug-likeness (QED) is 0.397. The summed E-state index contributed by atoms with van der Waals surface area (Å²) in [5.74, 6) is -1.01. The van der Waals surface area contributed by atoms with Crippen molar-refractivity contribution >= 4 is 47.1 Å². The number of hydrogen-bond donors (Lipinski definition) is 3. The number of amides is 2. The van der Waals surface area contributed by atoms with Crippen molar-refractivity contribution in [2.24, 2.45) is 0 Å². The smallest absolute Gasteiger partial charge is 0.329 e. The maximum absolute atomic E-state index is 12.6. The number of ether oxygens (including phenoxy) is 1. The molecule has 0 saturated heterocycles. The molecule has 2 aromatic rings. The first-order chi connectivity index (χ1) is 14.3. The highest BCUT2D eigenvalue weighted by Crippen LogP contribution is 2.27. The summed E-state index contributed by atoms with van der Waals surface area (Å²) in [6.45, 7) is 0.316. The minimum Gasteiger partial charge on any atom is -0.467 e. The van der Waals surface area contributed by atoms with Gasteiger partial charge in [0.05, 0.1) is 29.0 Å². The number of esters is 1. The molecule has 160 valence electrons.